The first-order chi connectivity index (χ1) is 13.4. The molecule has 0 saturated carbocycles. The Morgan fingerprint density at radius 2 is 2.07 bits per heavy atom. The Balaban J connectivity index is 0.00000300. The van der Waals surface area contributed by atoms with Crippen LogP contribution in [0.1, 0.15) is 32.8 Å². The minimum atomic E-state index is -0.493. The average molecular weight is 511 g/mol. The van der Waals surface area contributed by atoms with Crippen molar-refractivity contribution in [3.05, 3.63) is 42.1 Å². The number of pyridine rings is 1. The third-order valence-corrected chi connectivity index (χ3v) is 4.60. The number of carbonyl (C=O) groups is 1. The lowest BCUT2D eigenvalue weighted by molar-refractivity contribution is 0.0507. The van der Waals surface area contributed by atoms with Crippen LogP contribution in [0.15, 0.2) is 41.5 Å². The molecule has 2 heterocycles. The number of carbonyl (C=O) groups excluding carboxylic acids is 1. The normalized spacial score (nSPS) is 17.0. The van der Waals surface area contributed by atoms with Crippen LogP contribution in [0.25, 0.3) is 10.9 Å². The van der Waals surface area contributed by atoms with Crippen LogP contribution in [0.2, 0.25) is 0 Å². The van der Waals surface area contributed by atoms with Crippen LogP contribution < -0.4 is 10.6 Å². The van der Waals surface area contributed by atoms with Crippen LogP contribution in [-0.2, 0) is 11.3 Å². The first-order valence-corrected chi connectivity index (χ1v) is 9.63. The van der Waals surface area contributed by atoms with E-state index in [1.807, 2.05) is 51.2 Å². The summed E-state index contributed by atoms with van der Waals surface area (Å²) in [6.07, 6.45) is 2.32. The number of hydrogen-bond acceptors (Lipinski definition) is 4. The lowest BCUT2D eigenvalue weighted by Crippen LogP contribution is -2.44. The summed E-state index contributed by atoms with van der Waals surface area (Å²) in [6.45, 7) is 7.79. The van der Waals surface area contributed by atoms with Crippen molar-refractivity contribution in [2.24, 2.45) is 4.99 Å². The number of fused-ring (bicyclic) bond motifs is 1. The van der Waals surface area contributed by atoms with E-state index in [0.717, 1.165) is 29.8 Å². The molecule has 0 spiro atoms. The summed E-state index contributed by atoms with van der Waals surface area (Å²) in [7, 11) is 1.78. The second-order valence-corrected chi connectivity index (χ2v) is 7.97. The van der Waals surface area contributed by atoms with Gasteiger partial charge in [-0.25, -0.2) is 4.79 Å². The first-order valence-electron chi connectivity index (χ1n) is 9.63. The fraction of sp³-hybridized carbons (Fsp3) is 0.476. The molecule has 0 bridgehead atoms. The van der Waals surface area contributed by atoms with Gasteiger partial charge in [-0.1, -0.05) is 18.2 Å². The molecule has 158 valence electrons. The number of guanidine groups is 1. The SMILES string of the molecule is CN=C(NCc1ccnc2ccccc12)N1CC[C@@H](NC(=O)OC(C)(C)C)C1.I. The van der Waals surface area contributed by atoms with E-state index >= 15 is 0 Å². The van der Waals surface area contributed by atoms with Gasteiger partial charge in [0.1, 0.15) is 5.60 Å². The molecule has 1 aromatic heterocycles. The van der Waals surface area contributed by atoms with Gasteiger partial charge in [0.15, 0.2) is 5.96 Å². The minimum Gasteiger partial charge on any atom is -0.444 e. The van der Waals surface area contributed by atoms with Gasteiger partial charge in [-0.05, 0) is 44.9 Å². The van der Waals surface area contributed by atoms with E-state index in [9.17, 15) is 4.79 Å². The lowest BCUT2D eigenvalue weighted by Gasteiger charge is -2.23. The fourth-order valence-corrected chi connectivity index (χ4v) is 3.36. The van der Waals surface area contributed by atoms with Gasteiger partial charge in [-0.2, -0.15) is 0 Å². The molecule has 0 unspecified atom stereocenters. The van der Waals surface area contributed by atoms with Gasteiger partial charge in [0.2, 0.25) is 0 Å². The molecule has 1 amide bonds. The zero-order valence-electron chi connectivity index (χ0n) is 17.4. The molecule has 1 fully saturated rings. The number of rotatable bonds is 3. The number of aromatic nitrogens is 1. The van der Waals surface area contributed by atoms with E-state index in [1.54, 1.807) is 7.05 Å². The zero-order valence-corrected chi connectivity index (χ0v) is 19.8. The molecule has 0 radical (unpaired) electrons. The maximum absolute atomic E-state index is 12.0. The number of aliphatic imine (C=N–C) groups is 1. The Kier molecular flexibility index (Phi) is 8.06. The summed E-state index contributed by atoms with van der Waals surface area (Å²) >= 11 is 0. The van der Waals surface area contributed by atoms with Crippen molar-refractivity contribution < 1.29 is 9.53 Å². The minimum absolute atomic E-state index is 0. The number of amides is 1. The van der Waals surface area contributed by atoms with Gasteiger partial charge in [-0.3, -0.25) is 9.98 Å². The summed E-state index contributed by atoms with van der Waals surface area (Å²) in [5.74, 6) is 0.828. The number of likely N-dealkylation sites (tertiary alicyclic amines) is 1. The van der Waals surface area contributed by atoms with E-state index in [1.165, 1.54) is 5.56 Å². The van der Waals surface area contributed by atoms with Gasteiger partial charge >= 0.3 is 6.09 Å². The molecule has 29 heavy (non-hydrogen) atoms. The summed E-state index contributed by atoms with van der Waals surface area (Å²) < 4.78 is 5.35. The number of ether oxygens (including phenoxy) is 1. The molecular weight excluding hydrogens is 481 g/mol. The number of nitrogens with one attached hydrogen (secondary N) is 2. The molecule has 1 aliphatic heterocycles. The van der Waals surface area contributed by atoms with Gasteiger partial charge < -0.3 is 20.3 Å². The molecule has 1 saturated heterocycles. The molecule has 1 aliphatic rings. The van der Waals surface area contributed by atoms with Crippen molar-refractivity contribution in [2.75, 3.05) is 20.1 Å². The smallest absolute Gasteiger partial charge is 0.407 e. The maximum atomic E-state index is 12.0. The third-order valence-electron chi connectivity index (χ3n) is 4.60. The van der Waals surface area contributed by atoms with Crippen LogP contribution in [0.3, 0.4) is 0 Å². The second kappa shape index (κ2) is 10.1. The summed E-state index contributed by atoms with van der Waals surface area (Å²) in [6, 6.07) is 10.2. The fourth-order valence-electron chi connectivity index (χ4n) is 3.36. The number of hydrogen-bond donors (Lipinski definition) is 2. The largest absolute Gasteiger partial charge is 0.444 e. The van der Waals surface area contributed by atoms with Crippen molar-refractivity contribution in [1.29, 1.82) is 0 Å². The highest BCUT2D eigenvalue weighted by Gasteiger charge is 2.27. The maximum Gasteiger partial charge on any atom is 0.407 e. The molecule has 1 atom stereocenters. The van der Waals surface area contributed by atoms with E-state index in [0.29, 0.717) is 13.1 Å². The molecule has 0 aliphatic carbocycles. The van der Waals surface area contributed by atoms with Crippen LogP contribution >= 0.6 is 24.0 Å². The lowest BCUT2D eigenvalue weighted by atomic mass is 10.1. The summed E-state index contributed by atoms with van der Waals surface area (Å²) in [5.41, 5.74) is 1.67. The number of alkyl carbamates (subject to hydrolysis) is 1. The van der Waals surface area contributed by atoms with Crippen molar-refractivity contribution in [1.82, 2.24) is 20.5 Å². The molecule has 8 heteroatoms. The van der Waals surface area contributed by atoms with Crippen molar-refractivity contribution >= 4 is 46.9 Å². The van der Waals surface area contributed by atoms with E-state index in [4.69, 9.17) is 4.74 Å². The highest BCUT2D eigenvalue weighted by molar-refractivity contribution is 14.0. The Labute approximate surface area is 189 Å². The Morgan fingerprint density at radius 3 is 2.79 bits per heavy atom. The van der Waals surface area contributed by atoms with Crippen LogP contribution in [-0.4, -0.2) is 53.7 Å². The van der Waals surface area contributed by atoms with Gasteiger partial charge in [-0.15, -0.1) is 24.0 Å². The Bertz CT molecular complexity index is 860. The molecule has 7 nitrogen and oxygen atoms in total. The van der Waals surface area contributed by atoms with Crippen molar-refractivity contribution in [3.8, 4) is 0 Å². The quantitative estimate of drug-likeness (QED) is 0.375. The van der Waals surface area contributed by atoms with E-state index in [2.05, 4.69) is 31.6 Å². The molecule has 2 aromatic rings. The van der Waals surface area contributed by atoms with E-state index in [-0.39, 0.29) is 36.1 Å². The molecule has 1 aromatic carbocycles. The van der Waals surface area contributed by atoms with Crippen LogP contribution in [0.4, 0.5) is 4.79 Å². The molecular formula is C21H30IN5O2. The van der Waals surface area contributed by atoms with Gasteiger partial charge in [0.25, 0.3) is 0 Å². The highest BCUT2D eigenvalue weighted by atomic mass is 127. The predicted octanol–water partition coefficient (Wildman–Crippen LogP) is 3.53. The second-order valence-electron chi connectivity index (χ2n) is 7.97. The van der Waals surface area contributed by atoms with E-state index < -0.39 is 5.60 Å². The van der Waals surface area contributed by atoms with Gasteiger partial charge in [0, 0.05) is 38.3 Å². The third kappa shape index (κ3) is 6.45. The number of nitrogens with zero attached hydrogens (tertiary/aromatic N) is 3. The predicted molar refractivity (Wildman–Crippen MR) is 127 cm³/mol. The number of halogens is 1. The summed E-state index contributed by atoms with van der Waals surface area (Å²) in [5, 5.41) is 7.52. The van der Waals surface area contributed by atoms with Crippen molar-refractivity contribution in [3.63, 3.8) is 0 Å². The summed E-state index contributed by atoms with van der Waals surface area (Å²) in [4.78, 5) is 23.0. The molecule has 3 rings (SSSR count). The topological polar surface area (TPSA) is 78.9 Å². The zero-order chi connectivity index (χ0) is 20.1. The molecule has 2 N–H and O–H groups in total. The average Bonchev–Trinajstić information content (AvgIpc) is 3.09. The Hall–Kier alpha value is -2.10. The Morgan fingerprint density at radius 1 is 1.31 bits per heavy atom. The van der Waals surface area contributed by atoms with Gasteiger partial charge in [0.05, 0.1) is 11.6 Å². The van der Waals surface area contributed by atoms with Crippen molar-refractivity contribution in [2.45, 2.75) is 45.4 Å². The number of benzene rings is 1. The van der Waals surface area contributed by atoms with Crippen LogP contribution in [0, 0.1) is 0 Å². The van der Waals surface area contributed by atoms with Crippen LogP contribution in [0.5, 0.6) is 0 Å². The standard InChI is InChI=1S/C21H29N5O2.HI/c1-21(2,3)28-20(27)25-16-10-12-26(14-16)19(22-4)24-13-15-9-11-23-18-8-6-5-7-17(15)18;/h5-9,11,16H,10,12-14H2,1-4H3,(H,22,24)(H,25,27);1H/t16-;/m1./s1. The first kappa shape index (κ1) is 23.2. The number of para-hydroxylation sites is 1. The highest BCUT2D eigenvalue weighted by Crippen LogP contribution is 2.16. The monoisotopic (exact) mass is 511 g/mol.